The van der Waals surface area contributed by atoms with E-state index in [0.29, 0.717) is 67.0 Å². The molecule has 3 heterocycles. The maximum Gasteiger partial charge on any atom is 0.270 e. The molecule has 76 heavy (non-hydrogen) atoms. The molecule has 3 amide bonds. The van der Waals surface area contributed by atoms with Crippen LogP contribution in [-0.4, -0.2) is 56.1 Å². The Labute approximate surface area is 481 Å². The molecule has 0 spiro atoms. The molecule has 0 bridgehead atoms. The molecule has 9 rings (SSSR count). The average Bonchev–Trinajstić information content (AvgIpc) is 3.40. The fourth-order valence-corrected chi connectivity index (χ4v) is 11.8. The van der Waals surface area contributed by atoms with Gasteiger partial charge in [-0.15, -0.1) is 0 Å². The van der Waals surface area contributed by atoms with Crippen LogP contribution < -0.4 is 24.2 Å². The molecular formula is C51H40Br4N6O12S3. The molecule has 0 aliphatic carbocycles. The number of ether oxygens (including phenoxy) is 2. The Hall–Kier alpha value is -6.48. The van der Waals surface area contributed by atoms with E-state index in [9.17, 15) is 49.8 Å². The number of phenols is 1. The number of nitro benzene ring substituents is 3. The molecule has 0 unspecified atom stereocenters. The molecule has 0 saturated heterocycles. The number of amides is 3. The summed E-state index contributed by atoms with van der Waals surface area (Å²) in [6, 6.07) is 29.0. The minimum Gasteiger partial charge on any atom is -0.508 e. The molecule has 0 saturated carbocycles. The Morgan fingerprint density at radius 2 is 0.776 bits per heavy atom. The number of non-ortho nitro benzene ring substituents is 3. The molecular weight excluding hydrogens is 1300 g/mol. The Bertz CT molecular complexity index is 3190. The van der Waals surface area contributed by atoms with Gasteiger partial charge in [0.15, 0.2) is 0 Å². The number of fused-ring (bicyclic) bond motifs is 6. The van der Waals surface area contributed by atoms with Gasteiger partial charge in [-0.1, -0.05) is 105 Å². The summed E-state index contributed by atoms with van der Waals surface area (Å²) < 4.78 is 11.2. The van der Waals surface area contributed by atoms with Gasteiger partial charge < -0.3 is 14.6 Å². The number of aromatic hydroxyl groups is 1. The fourth-order valence-electron chi connectivity index (χ4n) is 7.28. The predicted octanol–water partition coefficient (Wildman–Crippen LogP) is 15.8. The molecule has 392 valence electrons. The SMILES string of the molecule is Br/C=C/CBr.CC(=O)N1c2ccc(O)cc2Sc2cc([N+](=O)[O-])ccc21.CC(=O)N1c2ccc(OC/C=C/Br)cc2Sc2cc([N+](=O)[O-])ccc21.CC(=O)N1c2ccc(OC/C=C\Br)cc2Sc2cc([N+](=O)[O-])ccc21. The number of allylic oxidation sites excluding steroid dienone is 1. The van der Waals surface area contributed by atoms with Crippen LogP contribution in [0.1, 0.15) is 20.8 Å². The molecule has 0 fully saturated rings. The molecule has 3 aliphatic rings. The summed E-state index contributed by atoms with van der Waals surface area (Å²) in [5, 5.41) is 43.5. The van der Waals surface area contributed by atoms with Gasteiger partial charge in [0.1, 0.15) is 30.5 Å². The number of phenolic OH excluding ortho intramolecular Hbond substituents is 1. The summed E-state index contributed by atoms with van der Waals surface area (Å²) in [6.07, 6.45) is 5.58. The zero-order valence-electron chi connectivity index (χ0n) is 39.8. The number of alkyl halides is 1. The van der Waals surface area contributed by atoms with E-state index >= 15 is 0 Å². The van der Waals surface area contributed by atoms with E-state index in [-0.39, 0.29) is 40.5 Å². The van der Waals surface area contributed by atoms with Crippen molar-refractivity contribution in [3.8, 4) is 17.2 Å². The number of halogens is 4. The highest BCUT2D eigenvalue weighted by atomic mass is 79.9. The first-order valence-electron chi connectivity index (χ1n) is 21.9. The Balaban J connectivity index is 0.000000177. The van der Waals surface area contributed by atoms with Gasteiger partial charge in [0.25, 0.3) is 17.1 Å². The van der Waals surface area contributed by atoms with Crippen LogP contribution >= 0.6 is 99.0 Å². The second-order valence-electron chi connectivity index (χ2n) is 15.4. The first-order chi connectivity index (χ1) is 36.4. The van der Waals surface area contributed by atoms with Gasteiger partial charge in [-0.2, -0.15) is 0 Å². The van der Waals surface area contributed by atoms with Crippen LogP contribution in [-0.2, 0) is 14.4 Å². The van der Waals surface area contributed by atoms with Crippen molar-refractivity contribution < 1.29 is 43.7 Å². The lowest BCUT2D eigenvalue weighted by molar-refractivity contribution is -0.385. The van der Waals surface area contributed by atoms with Crippen LogP contribution in [0.4, 0.5) is 51.2 Å². The van der Waals surface area contributed by atoms with Crippen molar-refractivity contribution in [3.05, 3.63) is 173 Å². The van der Waals surface area contributed by atoms with Crippen LogP contribution in [0.3, 0.4) is 0 Å². The number of hydrogen-bond donors (Lipinski definition) is 1. The maximum absolute atomic E-state index is 12.2. The van der Waals surface area contributed by atoms with Crippen molar-refractivity contribution in [2.75, 3.05) is 33.2 Å². The molecule has 3 aliphatic heterocycles. The molecule has 25 heteroatoms. The lowest BCUT2D eigenvalue weighted by Crippen LogP contribution is -2.25. The number of nitrogens with zero attached hydrogens (tertiary/aromatic N) is 6. The summed E-state index contributed by atoms with van der Waals surface area (Å²) in [5.41, 5.74) is 3.99. The lowest BCUT2D eigenvalue weighted by atomic mass is 10.2. The zero-order chi connectivity index (χ0) is 55.2. The number of nitro groups is 3. The Morgan fingerprint density at radius 1 is 0.487 bits per heavy atom. The van der Waals surface area contributed by atoms with Crippen molar-refractivity contribution >= 4 is 168 Å². The maximum atomic E-state index is 12.2. The Morgan fingerprint density at radius 3 is 1.05 bits per heavy atom. The third-order valence-electron chi connectivity index (χ3n) is 10.4. The number of hydrogen-bond acceptors (Lipinski definition) is 15. The summed E-state index contributed by atoms with van der Waals surface area (Å²) in [7, 11) is 0. The van der Waals surface area contributed by atoms with Crippen LogP contribution in [0, 0.1) is 30.3 Å². The van der Waals surface area contributed by atoms with Gasteiger partial charge in [0.2, 0.25) is 17.7 Å². The minimum atomic E-state index is -0.475. The van der Waals surface area contributed by atoms with E-state index in [4.69, 9.17) is 9.47 Å². The van der Waals surface area contributed by atoms with Gasteiger partial charge in [-0.05, 0) is 99.9 Å². The molecule has 6 aromatic carbocycles. The van der Waals surface area contributed by atoms with Crippen molar-refractivity contribution in [1.29, 1.82) is 0 Å². The van der Waals surface area contributed by atoms with Crippen molar-refractivity contribution in [3.63, 3.8) is 0 Å². The first kappa shape index (κ1) is 58.8. The van der Waals surface area contributed by atoms with E-state index in [0.717, 1.165) is 26.5 Å². The van der Waals surface area contributed by atoms with Gasteiger partial charge in [0, 0.05) is 91.9 Å². The van der Waals surface area contributed by atoms with Gasteiger partial charge in [0.05, 0.1) is 48.9 Å². The summed E-state index contributed by atoms with van der Waals surface area (Å²) in [6.45, 7) is 5.19. The second kappa shape index (κ2) is 27.5. The fraction of sp³-hybridized carbons (Fsp3) is 0.118. The monoisotopic (exact) mass is 1340 g/mol. The molecule has 18 nitrogen and oxygen atoms in total. The second-order valence-corrected chi connectivity index (χ2v) is 20.9. The molecule has 0 aromatic heterocycles. The highest BCUT2D eigenvalue weighted by Gasteiger charge is 2.31. The van der Waals surface area contributed by atoms with Gasteiger partial charge >= 0.3 is 0 Å². The Kier molecular flexibility index (Phi) is 21.3. The standard InChI is InChI=1S/2C17H13BrN2O4S.C14H10N2O4S.C3H4Br2/c2*1-11(21)19-14-5-3-12(20(22)23)9-16(14)25-17-10-13(4-6-15(17)19)24-8-2-7-18;1-8(17)15-11-4-2-9(16(19)20)6-13(11)21-14-7-10(18)3-5-12(14)15;4-2-1-3-5/h2*2-7,9-10H,8H2,1H3;2-7,18H,1H3;1-2H,3H2/b7-2+;7-2-;;2-1+. The van der Waals surface area contributed by atoms with E-state index < -0.39 is 14.8 Å². The van der Waals surface area contributed by atoms with E-state index in [2.05, 4.69) is 63.7 Å². The minimum absolute atomic E-state index is 0.00642. The first-order valence-corrected chi connectivity index (χ1v) is 28.2. The van der Waals surface area contributed by atoms with E-state index in [1.54, 1.807) is 56.2 Å². The molecule has 0 radical (unpaired) electrons. The third kappa shape index (κ3) is 14.5. The number of carbonyl (C=O) groups is 3. The van der Waals surface area contributed by atoms with Crippen molar-refractivity contribution in [2.24, 2.45) is 0 Å². The third-order valence-corrected chi connectivity index (χ3v) is 15.1. The van der Waals surface area contributed by atoms with Crippen LogP contribution in [0.5, 0.6) is 17.2 Å². The molecule has 0 atom stereocenters. The van der Waals surface area contributed by atoms with E-state index in [1.165, 1.54) is 109 Å². The van der Waals surface area contributed by atoms with Crippen LogP contribution in [0.25, 0.3) is 0 Å². The normalized spacial score (nSPS) is 12.4. The van der Waals surface area contributed by atoms with Crippen LogP contribution in [0.2, 0.25) is 0 Å². The predicted molar refractivity (Wildman–Crippen MR) is 310 cm³/mol. The topological polar surface area (TPSA) is 229 Å². The quantitative estimate of drug-likeness (QED) is 0.0764. The smallest absolute Gasteiger partial charge is 0.270 e. The van der Waals surface area contributed by atoms with E-state index in [1.807, 2.05) is 47.5 Å². The number of carbonyl (C=O) groups excluding carboxylic acids is 3. The molecule has 1 N–H and O–H groups in total. The van der Waals surface area contributed by atoms with Gasteiger partial charge in [-0.25, -0.2) is 0 Å². The summed E-state index contributed by atoms with van der Waals surface area (Å²) >= 11 is 16.7. The highest BCUT2D eigenvalue weighted by molar-refractivity contribution is 9.11. The number of rotatable bonds is 10. The number of benzene rings is 6. The zero-order valence-corrected chi connectivity index (χ0v) is 48.6. The lowest BCUT2D eigenvalue weighted by Gasteiger charge is -2.30. The van der Waals surface area contributed by atoms with Crippen LogP contribution in [0.15, 0.2) is 172 Å². The average molecular weight is 1340 g/mol. The molecule has 6 aromatic rings. The van der Waals surface area contributed by atoms with Gasteiger partial charge in [-0.3, -0.25) is 59.4 Å². The van der Waals surface area contributed by atoms with Crippen molar-refractivity contribution in [1.82, 2.24) is 0 Å². The van der Waals surface area contributed by atoms with Crippen molar-refractivity contribution in [2.45, 2.75) is 50.1 Å². The largest absolute Gasteiger partial charge is 0.508 e. The number of anilines is 6. The summed E-state index contributed by atoms with van der Waals surface area (Å²) in [4.78, 5) is 82.0. The highest BCUT2D eigenvalue weighted by Crippen LogP contribution is 2.53. The summed E-state index contributed by atoms with van der Waals surface area (Å²) in [5.74, 6) is 0.888.